The zero-order valence-corrected chi connectivity index (χ0v) is 27.2. The van der Waals surface area contributed by atoms with Crippen LogP contribution in [-0.2, 0) is 4.79 Å². The first-order valence-electron chi connectivity index (χ1n) is 12.7. The van der Waals surface area contributed by atoms with E-state index in [1.807, 2.05) is 54.8 Å². The van der Waals surface area contributed by atoms with Crippen molar-refractivity contribution in [3.63, 3.8) is 0 Å². The predicted molar refractivity (Wildman–Crippen MR) is 158 cm³/mol. The minimum atomic E-state index is -1.19. The second-order valence-corrected chi connectivity index (χ2v) is 9.78. The molecule has 1 N–H and O–H groups in total. The Morgan fingerprint density at radius 3 is 1.17 bits per heavy atom. The Balaban J connectivity index is 0.00000135. The van der Waals surface area contributed by atoms with Gasteiger partial charge in [-0.2, -0.15) is 17.7 Å². The fourth-order valence-corrected chi connectivity index (χ4v) is 5.70. The number of carbonyl (C=O) groups is 1. The maximum atomic E-state index is 11.5. The largest absolute Gasteiger partial charge is 1.00 e. The van der Waals surface area contributed by atoms with Crippen LogP contribution in [0.4, 0.5) is 0 Å². The average molecular weight is 564 g/mol. The molecule has 4 nitrogen and oxygen atoms in total. The Morgan fingerprint density at radius 2 is 0.857 bits per heavy atom. The van der Waals surface area contributed by atoms with Crippen LogP contribution in [-0.4, -0.2) is 17.7 Å². The molecule has 0 amide bonds. The second-order valence-electron chi connectivity index (χ2n) is 9.78. The van der Waals surface area contributed by atoms with E-state index in [-0.39, 0.29) is 70.2 Å². The van der Waals surface area contributed by atoms with Gasteiger partial charge in [-0.25, -0.2) is 0 Å². The molecule has 0 aliphatic carbocycles. The minimum absolute atomic E-state index is 0. The Kier molecular flexibility index (Phi) is 9.71. The van der Waals surface area contributed by atoms with Gasteiger partial charge in [0, 0.05) is 0 Å². The molecular formula is C36H21Na2O4-. The maximum absolute atomic E-state index is 11.5. The smallest absolute Gasteiger partial charge is 0.870 e. The van der Waals surface area contributed by atoms with Gasteiger partial charge >= 0.3 is 59.1 Å². The van der Waals surface area contributed by atoms with Gasteiger partial charge in [-0.15, -0.1) is 12.1 Å². The van der Waals surface area contributed by atoms with Crippen molar-refractivity contribution in [3.8, 4) is 22.3 Å². The molecule has 7 rings (SSSR count). The third kappa shape index (κ3) is 5.44. The standard InChI is InChI=1S/C36H21O3.2Na.H2O/c37-21-22-9-11-23(12-10-22)34-30-17-26-5-1-3-7-28(26)19-32(30)35(24-13-15-25(16-14-24)36(38)39)33-20-29-8-4-2-6-27(29)18-31(33)34;;;/h1-20H,(H,38,39);;;1H2/q-1;2*+1;/p-2. The van der Waals surface area contributed by atoms with E-state index in [9.17, 15) is 14.7 Å². The number of aromatic carboxylic acids is 1. The Bertz CT molecular complexity index is 2000. The van der Waals surface area contributed by atoms with Gasteiger partial charge in [0.05, 0.1) is 12.3 Å². The van der Waals surface area contributed by atoms with Crippen molar-refractivity contribution in [1.82, 2.24) is 0 Å². The van der Waals surface area contributed by atoms with Crippen LogP contribution in [0.15, 0.2) is 121 Å². The van der Waals surface area contributed by atoms with E-state index in [0.717, 1.165) is 65.3 Å². The molecule has 192 valence electrons. The van der Waals surface area contributed by atoms with Gasteiger partial charge in [-0.1, -0.05) is 72.8 Å². The molecule has 7 aromatic rings. The fraction of sp³-hybridized carbons (Fsp3) is 0. The number of hydrogen-bond donors (Lipinski definition) is 0. The van der Waals surface area contributed by atoms with Gasteiger partial charge in [0.15, 0.2) is 0 Å². The molecule has 0 bridgehead atoms. The summed E-state index contributed by atoms with van der Waals surface area (Å²) in [5, 5.41) is 20.3. The molecule has 0 heterocycles. The van der Waals surface area contributed by atoms with E-state index < -0.39 is 5.97 Å². The molecule has 0 aromatic heterocycles. The van der Waals surface area contributed by atoms with Gasteiger partial charge in [0.25, 0.3) is 0 Å². The number of carbonyl (C=O) groups excluding carboxylic acids is 2. The van der Waals surface area contributed by atoms with Crippen LogP contribution >= 0.6 is 0 Å². The van der Waals surface area contributed by atoms with Crippen molar-refractivity contribution in [3.05, 3.63) is 132 Å². The zero-order chi connectivity index (χ0) is 26.5. The van der Waals surface area contributed by atoms with Gasteiger partial charge < -0.3 is 20.2 Å². The molecule has 0 unspecified atom stereocenters. The molecule has 0 atom stereocenters. The third-order valence-corrected chi connectivity index (χ3v) is 7.55. The molecule has 0 aliphatic heterocycles. The second kappa shape index (κ2) is 12.9. The van der Waals surface area contributed by atoms with Crippen molar-refractivity contribution in [2.24, 2.45) is 0 Å². The van der Waals surface area contributed by atoms with Crippen LogP contribution in [0.3, 0.4) is 0 Å². The quantitative estimate of drug-likeness (QED) is 0.184. The van der Waals surface area contributed by atoms with Crippen LogP contribution in [0.1, 0.15) is 15.9 Å². The normalized spacial score (nSPS) is 10.6. The van der Waals surface area contributed by atoms with Crippen molar-refractivity contribution in [1.29, 1.82) is 0 Å². The average Bonchev–Trinajstić information content (AvgIpc) is 2.98. The van der Waals surface area contributed by atoms with Crippen molar-refractivity contribution < 1.29 is 79.3 Å². The van der Waals surface area contributed by atoms with E-state index in [1.54, 1.807) is 24.3 Å². The van der Waals surface area contributed by atoms with Crippen molar-refractivity contribution in [2.75, 3.05) is 0 Å². The van der Waals surface area contributed by atoms with E-state index in [2.05, 4.69) is 48.5 Å². The molecule has 0 saturated heterocycles. The molecule has 0 saturated carbocycles. The van der Waals surface area contributed by atoms with Crippen LogP contribution in [0, 0.1) is 0 Å². The summed E-state index contributed by atoms with van der Waals surface area (Å²) in [7, 11) is 0. The zero-order valence-electron chi connectivity index (χ0n) is 23.2. The van der Waals surface area contributed by atoms with Crippen molar-refractivity contribution in [2.45, 2.75) is 0 Å². The van der Waals surface area contributed by atoms with Crippen LogP contribution < -0.4 is 64.2 Å². The van der Waals surface area contributed by atoms with Crippen molar-refractivity contribution >= 4 is 55.3 Å². The van der Waals surface area contributed by atoms with Crippen LogP contribution in [0.5, 0.6) is 0 Å². The summed E-state index contributed by atoms with van der Waals surface area (Å²) in [5.74, 6) is -1.19. The summed E-state index contributed by atoms with van der Waals surface area (Å²) in [5.41, 5.74) is 4.72. The number of fused-ring (bicyclic) bond motifs is 4. The number of rotatable bonds is 4. The Morgan fingerprint density at radius 1 is 0.524 bits per heavy atom. The topological polar surface area (TPSA) is 87.2 Å². The Labute approximate surface area is 286 Å². The summed E-state index contributed by atoms with van der Waals surface area (Å²) in [4.78, 5) is 22.8. The maximum Gasteiger partial charge on any atom is 1.00 e. The van der Waals surface area contributed by atoms with Crippen LogP contribution in [0.25, 0.3) is 65.3 Å². The van der Waals surface area contributed by atoms with Gasteiger partial charge in [-0.05, 0) is 95.2 Å². The van der Waals surface area contributed by atoms with Gasteiger partial charge in [0.1, 0.15) is 0 Å². The van der Waals surface area contributed by atoms with Gasteiger partial charge in [-0.3, -0.25) is 0 Å². The summed E-state index contributed by atoms with van der Waals surface area (Å²) < 4.78 is 0. The number of hydrogen-bond acceptors (Lipinski definition) is 4. The Hall–Kier alpha value is -3.32. The SMILES string of the molecule is O=[C-]c1ccc(-c2c3cc4ccccc4cc3c(-c3ccc(C(=O)[O-])cc3)c3cc4ccccc4cc23)cc1.[Na+].[Na+].[OH-]. The molecule has 0 radical (unpaired) electrons. The fourth-order valence-electron chi connectivity index (χ4n) is 5.70. The molecular weight excluding hydrogens is 542 g/mol. The first kappa shape index (κ1) is 31.6. The molecule has 0 spiro atoms. The van der Waals surface area contributed by atoms with E-state index >= 15 is 0 Å². The monoisotopic (exact) mass is 563 g/mol. The molecule has 7 aromatic carbocycles. The first-order chi connectivity index (χ1) is 19.1. The molecule has 0 fully saturated rings. The molecule has 0 aliphatic rings. The van der Waals surface area contributed by atoms with E-state index in [1.165, 1.54) is 0 Å². The van der Waals surface area contributed by atoms with Crippen LogP contribution in [0.2, 0.25) is 0 Å². The first-order valence-corrected chi connectivity index (χ1v) is 12.7. The number of carboxylic acids is 1. The minimum Gasteiger partial charge on any atom is -0.870 e. The summed E-state index contributed by atoms with van der Waals surface area (Å²) in [6, 6.07) is 40.0. The third-order valence-electron chi connectivity index (χ3n) is 7.55. The van der Waals surface area contributed by atoms with Gasteiger partial charge in [0.2, 0.25) is 0 Å². The molecule has 42 heavy (non-hydrogen) atoms. The number of carboxylic acid groups (broad SMARTS) is 1. The number of benzene rings is 7. The summed E-state index contributed by atoms with van der Waals surface area (Å²) >= 11 is 0. The summed E-state index contributed by atoms with van der Waals surface area (Å²) in [6.07, 6.45) is 1.98. The molecule has 6 heteroatoms. The predicted octanol–water partition coefficient (Wildman–Crippen LogP) is 1.29. The van der Waals surface area contributed by atoms with E-state index in [4.69, 9.17) is 0 Å². The summed E-state index contributed by atoms with van der Waals surface area (Å²) in [6.45, 7) is 0. The van der Waals surface area contributed by atoms with E-state index in [0.29, 0.717) is 5.56 Å².